The Morgan fingerprint density at radius 2 is 1.77 bits per heavy atom. The van der Waals surface area contributed by atoms with Crippen molar-refractivity contribution < 1.29 is 19.7 Å². The van der Waals surface area contributed by atoms with E-state index >= 15 is 0 Å². The molecular weight excluding hydrogens is 380 g/mol. The summed E-state index contributed by atoms with van der Waals surface area (Å²) in [6.07, 6.45) is 5.87. The number of hydrogen-bond donors (Lipinski definition) is 4. The number of carbonyl (C=O) groups excluding carboxylic acids is 1. The number of rotatable bonds is 8. The number of nitrogens with one attached hydrogen (secondary N) is 2. The van der Waals surface area contributed by atoms with Crippen LogP contribution in [-0.4, -0.2) is 35.9 Å². The number of phenolic OH excluding ortho intramolecular Hbond substituents is 1. The quantitative estimate of drug-likeness (QED) is 0.529. The van der Waals surface area contributed by atoms with Crippen LogP contribution in [0.3, 0.4) is 0 Å². The first-order valence-electron chi connectivity index (χ1n) is 10.7. The Hall–Kier alpha value is -2.57. The van der Waals surface area contributed by atoms with Crippen molar-refractivity contribution in [1.29, 1.82) is 0 Å². The lowest BCUT2D eigenvalue weighted by Crippen LogP contribution is -2.27. The van der Waals surface area contributed by atoms with Gasteiger partial charge in [0.05, 0.1) is 18.8 Å². The summed E-state index contributed by atoms with van der Waals surface area (Å²) in [5.74, 6) is 0.526. The summed E-state index contributed by atoms with van der Waals surface area (Å²) in [7, 11) is 1.59. The second-order valence-electron chi connectivity index (χ2n) is 7.93. The molecule has 0 saturated heterocycles. The van der Waals surface area contributed by atoms with Gasteiger partial charge >= 0.3 is 0 Å². The van der Waals surface area contributed by atoms with Crippen molar-refractivity contribution in [3.8, 4) is 11.5 Å². The zero-order chi connectivity index (χ0) is 21.5. The van der Waals surface area contributed by atoms with E-state index in [0.717, 1.165) is 24.0 Å². The lowest BCUT2D eigenvalue weighted by Gasteiger charge is -2.25. The summed E-state index contributed by atoms with van der Waals surface area (Å²) in [5, 5.41) is 26.3. The van der Waals surface area contributed by atoms with E-state index in [4.69, 9.17) is 4.74 Å². The summed E-state index contributed by atoms with van der Waals surface area (Å²) >= 11 is 0. The molecule has 1 saturated carbocycles. The molecule has 3 rings (SSSR count). The molecular formula is C24H32N2O4. The lowest BCUT2D eigenvalue weighted by molar-refractivity contribution is 0.0963. The molecule has 0 heterocycles. The van der Waals surface area contributed by atoms with E-state index in [0.29, 0.717) is 11.3 Å². The van der Waals surface area contributed by atoms with Crippen molar-refractivity contribution in [3.63, 3.8) is 0 Å². The van der Waals surface area contributed by atoms with Gasteiger partial charge in [0.15, 0.2) is 11.5 Å². The Kier molecular flexibility index (Phi) is 7.71. The van der Waals surface area contributed by atoms with Crippen molar-refractivity contribution in [1.82, 2.24) is 10.6 Å². The molecule has 0 radical (unpaired) electrons. The van der Waals surface area contributed by atoms with Crippen LogP contribution in [0, 0.1) is 0 Å². The smallest absolute Gasteiger partial charge is 0.251 e. The number of aliphatic hydroxyl groups excluding tert-OH is 1. The number of phenols is 1. The van der Waals surface area contributed by atoms with Crippen molar-refractivity contribution in [3.05, 3.63) is 59.2 Å². The summed E-state index contributed by atoms with van der Waals surface area (Å²) in [6, 6.07) is 12.3. The van der Waals surface area contributed by atoms with Gasteiger partial charge in [0, 0.05) is 18.7 Å². The second kappa shape index (κ2) is 10.5. The number of carbonyl (C=O) groups is 1. The van der Waals surface area contributed by atoms with Gasteiger partial charge in [-0.3, -0.25) is 4.79 Å². The molecule has 2 unspecified atom stereocenters. The average molecular weight is 413 g/mol. The van der Waals surface area contributed by atoms with E-state index in [2.05, 4.69) is 10.6 Å². The maximum absolute atomic E-state index is 11.7. The topological polar surface area (TPSA) is 90.8 Å². The van der Waals surface area contributed by atoms with E-state index in [-0.39, 0.29) is 36.5 Å². The molecule has 4 N–H and O–H groups in total. The summed E-state index contributed by atoms with van der Waals surface area (Å²) < 4.78 is 5.99. The molecule has 1 aliphatic carbocycles. The largest absolute Gasteiger partial charge is 0.504 e. The number of hydrogen-bond acceptors (Lipinski definition) is 5. The second-order valence-corrected chi connectivity index (χ2v) is 7.93. The van der Waals surface area contributed by atoms with Crippen molar-refractivity contribution in [2.45, 2.75) is 57.2 Å². The number of benzene rings is 2. The van der Waals surface area contributed by atoms with Crippen LogP contribution >= 0.6 is 0 Å². The molecule has 2 atom stereocenters. The third-order valence-electron chi connectivity index (χ3n) is 5.76. The standard InChI is InChI=1S/C24H32N2O4/c1-16(26-21(15-27)17-8-10-18(11-9-17)24(29)25-2)19-12-13-23(22(28)14-19)30-20-6-4-3-5-7-20/h8-14,16,20-21,26-28H,3-7,15H2,1-2H3,(H,25,29). The van der Waals surface area contributed by atoms with Crippen LogP contribution in [0.5, 0.6) is 11.5 Å². The van der Waals surface area contributed by atoms with Gasteiger partial charge in [0.2, 0.25) is 0 Å². The fraction of sp³-hybridized carbons (Fsp3) is 0.458. The minimum Gasteiger partial charge on any atom is -0.504 e. The molecule has 1 amide bonds. The van der Waals surface area contributed by atoms with Crippen LogP contribution in [0.4, 0.5) is 0 Å². The van der Waals surface area contributed by atoms with Gasteiger partial charge in [-0.2, -0.15) is 0 Å². The molecule has 30 heavy (non-hydrogen) atoms. The Balaban J connectivity index is 1.65. The SMILES string of the molecule is CNC(=O)c1ccc(C(CO)NC(C)c2ccc(OC3CCCCC3)c(O)c2)cc1. The summed E-state index contributed by atoms with van der Waals surface area (Å²) in [5.41, 5.74) is 2.37. The van der Waals surface area contributed by atoms with Crippen LogP contribution in [0.2, 0.25) is 0 Å². The van der Waals surface area contributed by atoms with E-state index in [1.807, 2.05) is 31.2 Å². The van der Waals surface area contributed by atoms with Gasteiger partial charge in [-0.15, -0.1) is 0 Å². The van der Waals surface area contributed by atoms with Gasteiger partial charge in [0.25, 0.3) is 5.91 Å². The molecule has 1 fully saturated rings. The third kappa shape index (κ3) is 5.52. The Morgan fingerprint density at radius 3 is 2.37 bits per heavy atom. The van der Waals surface area contributed by atoms with Crippen LogP contribution in [0.1, 0.15) is 72.6 Å². The predicted octanol–water partition coefficient (Wildman–Crippen LogP) is 3.85. The van der Waals surface area contributed by atoms with E-state index < -0.39 is 0 Å². The first-order chi connectivity index (χ1) is 14.5. The van der Waals surface area contributed by atoms with E-state index in [9.17, 15) is 15.0 Å². The Morgan fingerprint density at radius 1 is 1.10 bits per heavy atom. The number of ether oxygens (including phenoxy) is 1. The maximum Gasteiger partial charge on any atom is 0.251 e. The zero-order valence-electron chi connectivity index (χ0n) is 17.7. The van der Waals surface area contributed by atoms with Gasteiger partial charge in [0.1, 0.15) is 0 Å². The van der Waals surface area contributed by atoms with Crippen molar-refractivity contribution in [2.75, 3.05) is 13.7 Å². The van der Waals surface area contributed by atoms with Crippen molar-refractivity contribution in [2.24, 2.45) is 0 Å². The minimum absolute atomic E-state index is 0.0848. The van der Waals surface area contributed by atoms with Crippen LogP contribution < -0.4 is 15.4 Å². The number of amides is 1. The molecule has 2 aromatic rings. The molecule has 6 heteroatoms. The first kappa shape index (κ1) is 22.1. The summed E-state index contributed by atoms with van der Waals surface area (Å²) in [6.45, 7) is 1.90. The minimum atomic E-state index is -0.293. The van der Waals surface area contributed by atoms with E-state index in [1.54, 1.807) is 25.2 Å². The highest BCUT2D eigenvalue weighted by molar-refractivity contribution is 5.93. The molecule has 0 aromatic heterocycles. The summed E-state index contributed by atoms with van der Waals surface area (Å²) in [4.78, 5) is 11.7. The van der Waals surface area contributed by atoms with Gasteiger partial charge in [-0.05, 0) is 68.0 Å². The molecule has 0 bridgehead atoms. The highest BCUT2D eigenvalue weighted by Crippen LogP contribution is 2.33. The molecule has 162 valence electrons. The van der Waals surface area contributed by atoms with Gasteiger partial charge in [-0.1, -0.05) is 24.6 Å². The Bertz CT molecular complexity index is 832. The fourth-order valence-corrected chi connectivity index (χ4v) is 3.93. The lowest BCUT2D eigenvalue weighted by atomic mass is 9.97. The maximum atomic E-state index is 11.7. The molecule has 0 aliphatic heterocycles. The number of aromatic hydroxyl groups is 1. The predicted molar refractivity (Wildman–Crippen MR) is 117 cm³/mol. The molecule has 1 aliphatic rings. The average Bonchev–Trinajstić information content (AvgIpc) is 2.79. The third-order valence-corrected chi connectivity index (χ3v) is 5.76. The Labute approximate surface area is 178 Å². The van der Waals surface area contributed by atoms with E-state index in [1.165, 1.54) is 19.3 Å². The van der Waals surface area contributed by atoms with Crippen LogP contribution in [-0.2, 0) is 0 Å². The van der Waals surface area contributed by atoms with Crippen molar-refractivity contribution >= 4 is 5.91 Å². The number of aliphatic hydroxyl groups is 1. The molecule has 2 aromatic carbocycles. The van der Waals surface area contributed by atoms with Gasteiger partial charge in [-0.25, -0.2) is 0 Å². The zero-order valence-corrected chi connectivity index (χ0v) is 17.7. The fourth-order valence-electron chi connectivity index (χ4n) is 3.93. The normalized spacial score (nSPS) is 16.6. The first-order valence-corrected chi connectivity index (χ1v) is 10.7. The van der Waals surface area contributed by atoms with Crippen LogP contribution in [0.25, 0.3) is 0 Å². The highest BCUT2D eigenvalue weighted by Gasteiger charge is 2.19. The molecule has 0 spiro atoms. The molecule has 6 nitrogen and oxygen atoms in total. The highest BCUT2D eigenvalue weighted by atomic mass is 16.5. The monoisotopic (exact) mass is 412 g/mol. The van der Waals surface area contributed by atoms with Gasteiger partial charge < -0.3 is 25.6 Å². The van der Waals surface area contributed by atoms with Crippen LogP contribution in [0.15, 0.2) is 42.5 Å².